The van der Waals surface area contributed by atoms with Crippen LogP contribution in [0.3, 0.4) is 0 Å². The Hall–Kier alpha value is -2.57. The van der Waals surface area contributed by atoms with E-state index < -0.39 is 0 Å². The number of hydrogen-bond donors (Lipinski definition) is 2. The van der Waals surface area contributed by atoms with Crippen molar-refractivity contribution in [2.24, 2.45) is 0 Å². The van der Waals surface area contributed by atoms with Gasteiger partial charge in [0.05, 0.1) is 23.2 Å². The average molecular weight is 368 g/mol. The third-order valence-corrected chi connectivity index (χ3v) is 4.97. The van der Waals surface area contributed by atoms with Gasteiger partial charge in [-0.25, -0.2) is 4.98 Å². The summed E-state index contributed by atoms with van der Waals surface area (Å²) in [6, 6.07) is 16.2. The van der Waals surface area contributed by atoms with E-state index in [2.05, 4.69) is 28.5 Å². The maximum absolute atomic E-state index is 12.0. The molecule has 26 heavy (non-hydrogen) atoms. The van der Waals surface area contributed by atoms with E-state index in [0.717, 1.165) is 26.4 Å². The van der Waals surface area contributed by atoms with Gasteiger partial charge in [-0.05, 0) is 29.7 Å². The number of aliphatic hydroxyl groups is 1. The predicted molar refractivity (Wildman–Crippen MR) is 103 cm³/mol. The summed E-state index contributed by atoms with van der Waals surface area (Å²) in [5, 5.41) is 12.0. The van der Waals surface area contributed by atoms with E-state index in [1.54, 1.807) is 0 Å². The molecule has 0 radical (unpaired) electrons. The summed E-state index contributed by atoms with van der Waals surface area (Å²) in [5.74, 6) is -0.297. The molecule has 0 aliphatic carbocycles. The number of aromatic nitrogens is 1. The highest BCUT2D eigenvalue weighted by Gasteiger charge is 2.11. The van der Waals surface area contributed by atoms with Gasteiger partial charge >= 0.3 is 0 Å². The third-order valence-electron chi connectivity index (χ3n) is 3.95. The van der Waals surface area contributed by atoms with E-state index >= 15 is 0 Å². The van der Waals surface area contributed by atoms with Gasteiger partial charge in [0.25, 0.3) is 0 Å². The van der Waals surface area contributed by atoms with Crippen molar-refractivity contribution in [3.63, 3.8) is 0 Å². The molecule has 0 fully saturated rings. The van der Waals surface area contributed by atoms with Gasteiger partial charge in [0, 0.05) is 13.0 Å². The maximum Gasteiger partial charge on any atom is 0.227 e. The summed E-state index contributed by atoms with van der Waals surface area (Å²) >= 11 is 1.49. The molecule has 6 heteroatoms. The molecule has 3 rings (SSSR count). The van der Waals surface area contributed by atoms with Crippen molar-refractivity contribution in [2.45, 2.75) is 19.3 Å². The van der Waals surface area contributed by atoms with Crippen molar-refractivity contribution < 1.29 is 14.7 Å². The van der Waals surface area contributed by atoms with Crippen LogP contribution in [0.15, 0.2) is 48.5 Å². The van der Waals surface area contributed by atoms with Crippen LogP contribution in [0.25, 0.3) is 21.3 Å². The topological polar surface area (TPSA) is 79.3 Å². The summed E-state index contributed by atoms with van der Waals surface area (Å²) in [6.07, 6.45) is 0.865. The second kappa shape index (κ2) is 8.69. The molecule has 0 bridgehead atoms. The number of carbonyl (C=O) groups is 2. The quantitative estimate of drug-likeness (QED) is 0.641. The van der Waals surface area contributed by atoms with Crippen molar-refractivity contribution >= 4 is 33.2 Å². The van der Waals surface area contributed by atoms with Gasteiger partial charge in [-0.2, -0.15) is 0 Å². The summed E-state index contributed by atoms with van der Waals surface area (Å²) in [7, 11) is 0. The zero-order valence-electron chi connectivity index (χ0n) is 14.3. The van der Waals surface area contributed by atoms with E-state index in [1.165, 1.54) is 11.3 Å². The number of ketones is 1. The van der Waals surface area contributed by atoms with Gasteiger partial charge < -0.3 is 10.4 Å². The van der Waals surface area contributed by atoms with Gasteiger partial charge in [0.15, 0.2) is 5.78 Å². The molecule has 134 valence electrons. The largest absolute Gasteiger partial charge is 0.396 e. The molecule has 3 aromatic rings. The number of benzene rings is 2. The summed E-state index contributed by atoms with van der Waals surface area (Å²) < 4.78 is 1.04. The molecule has 2 N–H and O–H groups in total. The van der Waals surface area contributed by atoms with Crippen LogP contribution >= 0.6 is 11.3 Å². The van der Waals surface area contributed by atoms with Crippen LogP contribution in [-0.2, 0) is 16.0 Å². The smallest absolute Gasteiger partial charge is 0.227 e. The fraction of sp³-hybridized carbons (Fsp3) is 0.250. The Balaban J connectivity index is 1.64. The molecule has 5 nitrogen and oxygen atoms in total. The highest BCUT2D eigenvalue weighted by Crippen LogP contribution is 2.28. The Labute approximate surface area is 155 Å². The number of hydrogen-bond acceptors (Lipinski definition) is 5. The Kier molecular flexibility index (Phi) is 6.09. The highest BCUT2D eigenvalue weighted by molar-refractivity contribution is 7.18. The normalized spacial score (nSPS) is 10.8. The second-order valence-electron chi connectivity index (χ2n) is 5.98. The zero-order chi connectivity index (χ0) is 18.4. The van der Waals surface area contributed by atoms with Crippen molar-refractivity contribution in [2.75, 3.05) is 13.2 Å². The lowest BCUT2D eigenvalue weighted by atomic mass is 10.1. The predicted octanol–water partition coefficient (Wildman–Crippen LogP) is 2.96. The van der Waals surface area contributed by atoms with Gasteiger partial charge in [0.1, 0.15) is 5.01 Å². The van der Waals surface area contributed by atoms with Crippen LogP contribution in [0.2, 0.25) is 0 Å². The third kappa shape index (κ3) is 4.74. The lowest BCUT2D eigenvalue weighted by Crippen LogP contribution is -2.30. The highest BCUT2D eigenvalue weighted by atomic mass is 32.1. The average Bonchev–Trinajstić information content (AvgIpc) is 3.06. The molecular formula is C20H20N2O3S. The van der Waals surface area contributed by atoms with Crippen LogP contribution in [0.1, 0.15) is 17.8 Å². The SMILES string of the molecule is O=C(CCCO)CNC(=O)Cc1nc2ccc(-c3ccccc3)cc2s1. The molecule has 0 spiro atoms. The monoisotopic (exact) mass is 368 g/mol. The van der Waals surface area contributed by atoms with Gasteiger partial charge in [-0.1, -0.05) is 36.4 Å². The van der Waals surface area contributed by atoms with Crippen LogP contribution < -0.4 is 5.32 Å². The number of fused-ring (bicyclic) bond motifs is 1. The van der Waals surface area contributed by atoms with Crippen molar-refractivity contribution in [3.05, 3.63) is 53.5 Å². The second-order valence-corrected chi connectivity index (χ2v) is 7.09. The van der Waals surface area contributed by atoms with Crippen LogP contribution in [-0.4, -0.2) is 34.9 Å². The first kappa shape index (κ1) is 18.2. The number of carbonyl (C=O) groups excluding carboxylic acids is 2. The first-order valence-electron chi connectivity index (χ1n) is 8.50. The van der Waals surface area contributed by atoms with E-state index in [0.29, 0.717) is 6.42 Å². The van der Waals surface area contributed by atoms with E-state index in [9.17, 15) is 9.59 Å². The van der Waals surface area contributed by atoms with Gasteiger partial charge in [0.2, 0.25) is 5.91 Å². The summed E-state index contributed by atoms with van der Waals surface area (Å²) in [6.45, 7) is -0.0156. The standard InChI is InChI=1S/C20H20N2O3S/c23-10-4-7-16(24)13-21-19(25)12-20-22-17-9-8-15(11-18(17)26-20)14-5-2-1-3-6-14/h1-3,5-6,8-9,11,23H,4,7,10,12-13H2,(H,21,25). The fourth-order valence-corrected chi connectivity index (χ4v) is 3.62. The van der Waals surface area contributed by atoms with Gasteiger partial charge in [-0.15, -0.1) is 11.3 Å². The van der Waals surface area contributed by atoms with Crippen molar-refractivity contribution in [1.29, 1.82) is 0 Å². The zero-order valence-corrected chi connectivity index (χ0v) is 15.1. The first-order chi connectivity index (χ1) is 12.7. The van der Waals surface area contributed by atoms with Crippen LogP contribution in [0.5, 0.6) is 0 Å². The molecule has 0 atom stereocenters. The summed E-state index contributed by atoms with van der Waals surface area (Å²) in [5.41, 5.74) is 3.13. The minimum Gasteiger partial charge on any atom is -0.396 e. The molecule has 2 aromatic carbocycles. The van der Waals surface area contributed by atoms with Gasteiger partial charge in [-0.3, -0.25) is 9.59 Å². The molecule has 0 saturated heterocycles. The molecule has 0 saturated carbocycles. The van der Waals surface area contributed by atoms with E-state index in [1.807, 2.05) is 30.3 Å². The van der Waals surface area contributed by atoms with Crippen LogP contribution in [0.4, 0.5) is 0 Å². The fourth-order valence-electron chi connectivity index (χ4n) is 2.62. The molecular weight excluding hydrogens is 348 g/mol. The lowest BCUT2D eigenvalue weighted by Gasteiger charge is -2.02. The minimum absolute atomic E-state index is 0.00187. The number of nitrogens with zero attached hydrogens (tertiary/aromatic N) is 1. The number of thiazole rings is 1. The maximum atomic E-state index is 12.0. The molecule has 0 aliphatic rings. The minimum atomic E-state index is -0.218. The molecule has 1 heterocycles. The van der Waals surface area contributed by atoms with Crippen LogP contribution in [0, 0.1) is 0 Å². The first-order valence-corrected chi connectivity index (χ1v) is 9.31. The number of amides is 1. The number of nitrogens with one attached hydrogen (secondary N) is 1. The lowest BCUT2D eigenvalue weighted by molar-refractivity contribution is -0.124. The Morgan fingerprint density at radius 1 is 1.08 bits per heavy atom. The molecule has 1 aromatic heterocycles. The Morgan fingerprint density at radius 2 is 1.88 bits per heavy atom. The van der Waals surface area contributed by atoms with E-state index in [4.69, 9.17) is 5.11 Å². The van der Waals surface area contributed by atoms with E-state index in [-0.39, 0.29) is 37.7 Å². The Morgan fingerprint density at radius 3 is 2.65 bits per heavy atom. The molecule has 1 amide bonds. The van der Waals surface area contributed by atoms with Crippen molar-refractivity contribution in [3.8, 4) is 11.1 Å². The molecule has 0 unspecified atom stereocenters. The number of Topliss-reactive ketones (excluding diaryl/α,β-unsaturated/α-hetero) is 1. The Bertz CT molecular complexity index is 906. The van der Waals surface area contributed by atoms with Crippen molar-refractivity contribution in [1.82, 2.24) is 10.3 Å². The summed E-state index contributed by atoms with van der Waals surface area (Å²) in [4.78, 5) is 28.0. The number of rotatable bonds is 8. The molecule has 0 aliphatic heterocycles. The number of aliphatic hydroxyl groups excluding tert-OH is 1.